The summed E-state index contributed by atoms with van der Waals surface area (Å²) >= 11 is 0. The fraction of sp³-hybridized carbons (Fsp3) is 0.462. The van der Waals surface area contributed by atoms with E-state index in [1.54, 1.807) is 38.3 Å². The molecule has 0 aliphatic carbocycles. The Morgan fingerprint density at radius 1 is 1.37 bits per heavy atom. The Kier molecular flexibility index (Phi) is 5.96. The van der Waals surface area contributed by atoms with Crippen molar-refractivity contribution in [1.29, 1.82) is 5.26 Å². The van der Waals surface area contributed by atoms with Crippen LogP contribution >= 0.6 is 0 Å². The van der Waals surface area contributed by atoms with E-state index in [1.807, 2.05) is 6.07 Å². The number of hydrogen-bond donors (Lipinski definition) is 1. The minimum atomic E-state index is -3.37. The second-order valence-electron chi connectivity index (χ2n) is 4.37. The molecule has 1 aromatic rings. The summed E-state index contributed by atoms with van der Waals surface area (Å²) in [6, 6.07) is 8.35. The van der Waals surface area contributed by atoms with Crippen molar-refractivity contribution >= 4 is 10.0 Å². The molecule has 104 valence electrons. The maximum absolute atomic E-state index is 11.9. The molecule has 1 rings (SSSR count). The average Bonchev–Trinajstić information content (AvgIpc) is 2.36. The zero-order chi connectivity index (χ0) is 14.3. The second-order valence-corrected chi connectivity index (χ2v) is 6.12. The van der Waals surface area contributed by atoms with Crippen molar-refractivity contribution in [2.24, 2.45) is 0 Å². The molecule has 5 nitrogen and oxygen atoms in total. The number of nitrogens with one attached hydrogen (secondary N) is 1. The van der Waals surface area contributed by atoms with Gasteiger partial charge in [0.05, 0.1) is 17.4 Å². The van der Waals surface area contributed by atoms with Gasteiger partial charge >= 0.3 is 0 Å². The van der Waals surface area contributed by atoms with Crippen molar-refractivity contribution in [2.45, 2.75) is 25.1 Å². The number of ether oxygens (including phenoxy) is 1. The lowest BCUT2D eigenvalue weighted by Gasteiger charge is -2.13. The van der Waals surface area contributed by atoms with E-state index in [-0.39, 0.29) is 11.8 Å². The van der Waals surface area contributed by atoms with Crippen molar-refractivity contribution < 1.29 is 13.2 Å². The minimum absolute atomic E-state index is 0.0873. The summed E-state index contributed by atoms with van der Waals surface area (Å²) < 4.78 is 31.3. The van der Waals surface area contributed by atoms with E-state index in [9.17, 15) is 8.42 Å². The first kappa shape index (κ1) is 15.6. The number of methoxy groups -OCH3 is 1. The van der Waals surface area contributed by atoms with Gasteiger partial charge in [-0.05, 0) is 31.0 Å². The Hall–Kier alpha value is -1.42. The topological polar surface area (TPSA) is 79.2 Å². The molecule has 19 heavy (non-hydrogen) atoms. The highest BCUT2D eigenvalue weighted by molar-refractivity contribution is 7.88. The lowest BCUT2D eigenvalue weighted by atomic mass is 10.2. The van der Waals surface area contributed by atoms with Gasteiger partial charge in [0.1, 0.15) is 0 Å². The molecule has 1 unspecified atom stereocenters. The molecule has 0 fully saturated rings. The molecular formula is C13H18N2O3S. The highest BCUT2D eigenvalue weighted by Crippen LogP contribution is 2.08. The van der Waals surface area contributed by atoms with Gasteiger partial charge in [0, 0.05) is 19.8 Å². The van der Waals surface area contributed by atoms with E-state index < -0.39 is 10.0 Å². The summed E-state index contributed by atoms with van der Waals surface area (Å²) in [5.74, 6) is -0.0873. The number of hydrogen-bond acceptors (Lipinski definition) is 4. The molecule has 6 heteroatoms. The third-order valence-electron chi connectivity index (χ3n) is 2.58. The van der Waals surface area contributed by atoms with Gasteiger partial charge in [-0.1, -0.05) is 12.1 Å². The van der Waals surface area contributed by atoms with Crippen LogP contribution in [0.3, 0.4) is 0 Å². The van der Waals surface area contributed by atoms with Crippen LogP contribution in [0.15, 0.2) is 24.3 Å². The van der Waals surface area contributed by atoms with E-state index in [0.29, 0.717) is 24.2 Å². The Balaban J connectivity index is 2.61. The summed E-state index contributed by atoms with van der Waals surface area (Å²) in [6.07, 6.45) is 0.628. The summed E-state index contributed by atoms with van der Waals surface area (Å²) in [5.41, 5.74) is 1.17. The molecule has 0 radical (unpaired) electrons. The van der Waals surface area contributed by atoms with E-state index in [2.05, 4.69) is 4.72 Å². The summed E-state index contributed by atoms with van der Waals surface area (Å²) in [6.45, 7) is 2.32. The zero-order valence-electron chi connectivity index (χ0n) is 11.1. The van der Waals surface area contributed by atoms with E-state index in [0.717, 1.165) is 0 Å². The van der Waals surface area contributed by atoms with Crippen molar-refractivity contribution in [3.8, 4) is 6.07 Å². The van der Waals surface area contributed by atoms with Crippen LogP contribution in [0.2, 0.25) is 0 Å². The van der Waals surface area contributed by atoms with Crippen LogP contribution in [0.1, 0.15) is 24.5 Å². The van der Waals surface area contributed by atoms with Gasteiger partial charge in [0.15, 0.2) is 0 Å². The number of rotatable bonds is 7. The van der Waals surface area contributed by atoms with Gasteiger partial charge in [-0.25, -0.2) is 13.1 Å². The lowest BCUT2D eigenvalue weighted by molar-refractivity contribution is 0.188. The van der Waals surface area contributed by atoms with Crippen LogP contribution < -0.4 is 4.72 Å². The third kappa shape index (κ3) is 5.83. The van der Waals surface area contributed by atoms with Crippen LogP contribution in [0.5, 0.6) is 0 Å². The zero-order valence-corrected chi connectivity index (χ0v) is 11.9. The molecular weight excluding hydrogens is 264 g/mol. The lowest BCUT2D eigenvalue weighted by Crippen LogP contribution is -2.34. The average molecular weight is 282 g/mol. The predicted octanol–water partition coefficient (Wildman–Crippen LogP) is 1.40. The Morgan fingerprint density at radius 2 is 2.00 bits per heavy atom. The fourth-order valence-electron chi connectivity index (χ4n) is 1.60. The van der Waals surface area contributed by atoms with Crippen molar-refractivity contribution in [3.05, 3.63) is 35.4 Å². The van der Waals surface area contributed by atoms with E-state index in [4.69, 9.17) is 10.00 Å². The van der Waals surface area contributed by atoms with Gasteiger partial charge in [-0.3, -0.25) is 0 Å². The first-order chi connectivity index (χ1) is 8.96. The molecule has 0 saturated carbocycles. The van der Waals surface area contributed by atoms with Crippen molar-refractivity contribution in [3.63, 3.8) is 0 Å². The van der Waals surface area contributed by atoms with Crippen molar-refractivity contribution in [1.82, 2.24) is 4.72 Å². The van der Waals surface area contributed by atoms with Gasteiger partial charge in [-0.15, -0.1) is 0 Å². The molecule has 0 aliphatic rings. The number of nitrogens with zero attached hydrogens (tertiary/aromatic N) is 1. The number of sulfonamides is 1. The molecule has 0 amide bonds. The van der Waals surface area contributed by atoms with Crippen molar-refractivity contribution in [2.75, 3.05) is 13.7 Å². The van der Waals surface area contributed by atoms with Crippen LogP contribution in [0.4, 0.5) is 0 Å². The Morgan fingerprint density at radius 3 is 2.53 bits per heavy atom. The van der Waals surface area contributed by atoms with Crippen LogP contribution in [0, 0.1) is 11.3 Å². The summed E-state index contributed by atoms with van der Waals surface area (Å²) in [5, 5.41) is 8.67. The Labute approximate surface area is 114 Å². The van der Waals surface area contributed by atoms with Gasteiger partial charge < -0.3 is 4.74 Å². The van der Waals surface area contributed by atoms with E-state index in [1.165, 1.54) is 0 Å². The van der Waals surface area contributed by atoms with Crippen LogP contribution in [-0.4, -0.2) is 28.2 Å². The number of nitriles is 1. The quantitative estimate of drug-likeness (QED) is 0.820. The Bertz CT molecular complexity index is 532. The highest BCUT2D eigenvalue weighted by atomic mass is 32.2. The van der Waals surface area contributed by atoms with Crippen LogP contribution in [0.25, 0.3) is 0 Å². The SMILES string of the molecule is COCCC(C)NS(=O)(=O)Cc1ccc(C#N)cc1. The number of benzene rings is 1. The second kappa shape index (κ2) is 7.24. The molecule has 0 heterocycles. The first-order valence-corrected chi connectivity index (χ1v) is 7.60. The normalized spacial score (nSPS) is 12.9. The van der Waals surface area contributed by atoms with Gasteiger partial charge in [0.2, 0.25) is 10.0 Å². The molecule has 1 atom stereocenters. The molecule has 1 N–H and O–H groups in total. The van der Waals surface area contributed by atoms with Gasteiger partial charge in [0.25, 0.3) is 0 Å². The molecule has 0 spiro atoms. The summed E-state index contributed by atoms with van der Waals surface area (Å²) in [4.78, 5) is 0. The maximum atomic E-state index is 11.9. The fourth-order valence-corrected chi connectivity index (χ4v) is 3.04. The standard InChI is InChI=1S/C13H18N2O3S/c1-11(7-8-18-2)15-19(16,17)10-13-5-3-12(9-14)4-6-13/h3-6,11,15H,7-8,10H2,1-2H3. The molecule has 0 saturated heterocycles. The molecule has 1 aromatic carbocycles. The monoisotopic (exact) mass is 282 g/mol. The smallest absolute Gasteiger partial charge is 0.216 e. The molecule has 0 bridgehead atoms. The van der Waals surface area contributed by atoms with Crippen LogP contribution in [-0.2, 0) is 20.5 Å². The molecule has 0 aliphatic heterocycles. The maximum Gasteiger partial charge on any atom is 0.216 e. The summed E-state index contributed by atoms with van der Waals surface area (Å²) in [7, 11) is -1.79. The largest absolute Gasteiger partial charge is 0.385 e. The first-order valence-electron chi connectivity index (χ1n) is 5.95. The highest BCUT2D eigenvalue weighted by Gasteiger charge is 2.15. The molecule has 0 aromatic heterocycles. The van der Waals surface area contributed by atoms with Gasteiger partial charge in [-0.2, -0.15) is 5.26 Å². The van der Waals surface area contributed by atoms with E-state index >= 15 is 0 Å². The third-order valence-corrected chi connectivity index (χ3v) is 4.05. The minimum Gasteiger partial charge on any atom is -0.385 e. The predicted molar refractivity (Wildman–Crippen MR) is 72.9 cm³/mol.